The molecule has 168 valence electrons. The second kappa shape index (κ2) is 9.69. The molecule has 5 N–H and O–H groups in total. The molecule has 0 aromatic carbocycles. The molecule has 0 aromatic heterocycles. The zero-order chi connectivity index (χ0) is 22.0. The monoisotopic (exact) mass is 426 g/mol. The molecule has 2 fully saturated rings. The molecule has 0 saturated carbocycles. The normalized spacial score (nSPS) is 40.3. The van der Waals surface area contributed by atoms with Gasteiger partial charge in [0.05, 0.1) is 19.3 Å². The van der Waals surface area contributed by atoms with Crippen LogP contribution in [0.5, 0.6) is 0 Å². The SMILES string of the molecule is C=C1C(=O)OC2C=C(C)C(OC3OC(CO)C(O)C(O)C3O)CC=C(CO)CCC12. The third-order valence-electron chi connectivity index (χ3n) is 6.03. The maximum Gasteiger partial charge on any atom is 0.334 e. The number of fused-ring (bicyclic) bond motifs is 1. The van der Waals surface area contributed by atoms with Crippen LogP contribution in [0.25, 0.3) is 0 Å². The van der Waals surface area contributed by atoms with Crippen molar-refractivity contribution in [3.8, 4) is 0 Å². The molecule has 3 aliphatic rings. The predicted molar refractivity (Wildman–Crippen MR) is 104 cm³/mol. The topological polar surface area (TPSA) is 146 Å². The summed E-state index contributed by atoms with van der Waals surface area (Å²) < 4.78 is 16.8. The van der Waals surface area contributed by atoms with Crippen LogP contribution in [-0.2, 0) is 19.0 Å². The molecule has 2 aliphatic heterocycles. The summed E-state index contributed by atoms with van der Waals surface area (Å²) in [5, 5.41) is 49.3. The quantitative estimate of drug-likeness (QED) is 0.224. The second-order valence-electron chi connectivity index (χ2n) is 8.03. The van der Waals surface area contributed by atoms with Gasteiger partial charge in [0.2, 0.25) is 0 Å². The molecule has 0 amide bonds. The molecule has 2 heterocycles. The van der Waals surface area contributed by atoms with Crippen LogP contribution >= 0.6 is 0 Å². The number of rotatable bonds is 4. The Labute approximate surface area is 174 Å². The van der Waals surface area contributed by atoms with Gasteiger partial charge in [0.1, 0.15) is 30.5 Å². The van der Waals surface area contributed by atoms with Crippen molar-refractivity contribution in [2.24, 2.45) is 5.92 Å². The van der Waals surface area contributed by atoms with Crippen molar-refractivity contribution in [2.45, 2.75) is 69.1 Å². The van der Waals surface area contributed by atoms with Crippen LogP contribution in [0.15, 0.2) is 35.5 Å². The Kier molecular flexibility index (Phi) is 7.46. The number of carbonyl (C=O) groups is 1. The summed E-state index contributed by atoms with van der Waals surface area (Å²) in [5.74, 6) is -0.664. The van der Waals surface area contributed by atoms with Gasteiger partial charge in [0.25, 0.3) is 0 Å². The first-order valence-corrected chi connectivity index (χ1v) is 10.1. The van der Waals surface area contributed by atoms with Gasteiger partial charge in [-0.3, -0.25) is 0 Å². The van der Waals surface area contributed by atoms with Crippen molar-refractivity contribution < 1.29 is 44.5 Å². The van der Waals surface area contributed by atoms with Crippen molar-refractivity contribution in [1.82, 2.24) is 0 Å². The van der Waals surface area contributed by atoms with E-state index in [0.29, 0.717) is 30.4 Å². The Bertz CT molecular complexity index is 713. The smallest absolute Gasteiger partial charge is 0.334 e. The molecular formula is C21H30O9. The van der Waals surface area contributed by atoms with Gasteiger partial charge in [-0.05, 0) is 43.4 Å². The zero-order valence-electron chi connectivity index (χ0n) is 16.9. The highest BCUT2D eigenvalue weighted by Crippen LogP contribution is 2.35. The van der Waals surface area contributed by atoms with E-state index < -0.39 is 55.5 Å². The standard InChI is InChI=1S/C21H30O9/c1-10-7-15-13(11(2)20(27)28-15)5-3-12(8-22)4-6-14(10)29-21-19(26)18(25)17(24)16(9-23)30-21/h4,7,13-19,21-26H,2-3,5-6,8-9H2,1H3. The molecule has 9 heteroatoms. The van der Waals surface area contributed by atoms with Gasteiger partial charge in [-0.25, -0.2) is 4.79 Å². The van der Waals surface area contributed by atoms with E-state index in [1.165, 1.54) is 0 Å². The maximum atomic E-state index is 12.0. The zero-order valence-corrected chi connectivity index (χ0v) is 16.9. The molecule has 9 nitrogen and oxygen atoms in total. The molecule has 8 atom stereocenters. The Morgan fingerprint density at radius 2 is 1.93 bits per heavy atom. The fourth-order valence-electron chi connectivity index (χ4n) is 4.04. The van der Waals surface area contributed by atoms with E-state index in [1.807, 2.05) is 6.08 Å². The first-order valence-electron chi connectivity index (χ1n) is 10.1. The van der Waals surface area contributed by atoms with Crippen LogP contribution in [-0.4, -0.2) is 87.6 Å². The summed E-state index contributed by atoms with van der Waals surface area (Å²) in [4.78, 5) is 12.0. The van der Waals surface area contributed by atoms with E-state index in [2.05, 4.69) is 6.58 Å². The van der Waals surface area contributed by atoms with Gasteiger partial charge < -0.3 is 39.7 Å². The average Bonchev–Trinajstić information content (AvgIpc) is 2.99. The number of hydrogen-bond donors (Lipinski definition) is 5. The van der Waals surface area contributed by atoms with E-state index in [-0.39, 0.29) is 12.5 Å². The van der Waals surface area contributed by atoms with Gasteiger partial charge >= 0.3 is 5.97 Å². The van der Waals surface area contributed by atoms with Crippen molar-refractivity contribution in [2.75, 3.05) is 13.2 Å². The van der Waals surface area contributed by atoms with Crippen LogP contribution in [0.3, 0.4) is 0 Å². The van der Waals surface area contributed by atoms with Gasteiger partial charge in [0, 0.05) is 11.5 Å². The van der Waals surface area contributed by atoms with Crippen LogP contribution in [0.2, 0.25) is 0 Å². The number of aliphatic hydroxyl groups is 5. The summed E-state index contributed by atoms with van der Waals surface area (Å²) in [6.45, 7) is 4.92. The molecule has 30 heavy (non-hydrogen) atoms. The van der Waals surface area contributed by atoms with Crippen LogP contribution in [0, 0.1) is 5.92 Å². The number of carbonyl (C=O) groups excluding carboxylic acids is 1. The lowest BCUT2D eigenvalue weighted by Gasteiger charge is -2.41. The van der Waals surface area contributed by atoms with Gasteiger partial charge in [-0.15, -0.1) is 0 Å². The maximum absolute atomic E-state index is 12.0. The summed E-state index contributed by atoms with van der Waals surface area (Å²) in [7, 11) is 0. The molecule has 0 aromatic rings. The van der Waals surface area contributed by atoms with Gasteiger partial charge in [0.15, 0.2) is 6.29 Å². The van der Waals surface area contributed by atoms with E-state index >= 15 is 0 Å². The lowest BCUT2D eigenvalue weighted by molar-refractivity contribution is -0.308. The van der Waals surface area contributed by atoms with E-state index in [4.69, 9.17) is 14.2 Å². The molecule has 0 radical (unpaired) electrons. The summed E-state index contributed by atoms with van der Waals surface area (Å²) >= 11 is 0. The molecule has 0 spiro atoms. The Balaban J connectivity index is 1.85. The van der Waals surface area contributed by atoms with Crippen LogP contribution < -0.4 is 0 Å². The minimum absolute atomic E-state index is 0.145. The van der Waals surface area contributed by atoms with E-state index in [0.717, 1.165) is 5.57 Å². The van der Waals surface area contributed by atoms with E-state index in [9.17, 15) is 30.3 Å². The highest BCUT2D eigenvalue weighted by atomic mass is 16.7. The summed E-state index contributed by atoms with van der Waals surface area (Å²) in [5.41, 5.74) is 1.88. The number of aliphatic hydroxyl groups excluding tert-OH is 5. The highest BCUT2D eigenvalue weighted by molar-refractivity contribution is 5.91. The van der Waals surface area contributed by atoms with Crippen molar-refractivity contribution in [3.63, 3.8) is 0 Å². The van der Waals surface area contributed by atoms with Crippen molar-refractivity contribution >= 4 is 5.97 Å². The highest BCUT2D eigenvalue weighted by Gasteiger charge is 2.45. The molecule has 3 rings (SSSR count). The van der Waals surface area contributed by atoms with Gasteiger partial charge in [-0.2, -0.15) is 0 Å². The molecular weight excluding hydrogens is 396 g/mol. The number of ether oxygens (including phenoxy) is 3. The predicted octanol–water partition coefficient (Wildman–Crippen LogP) is -0.682. The van der Waals surface area contributed by atoms with Gasteiger partial charge in [-0.1, -0.05) is 12.7 Å². The first-order chi connectivity index (χ1) is 14.3. The molecule has 0 bridgehead atoms. The lowest BCUT2D eigenvalue weighted by atomic mass is 9.87. The minimum Gasteiger partial charge on any atom is -0.454 e. The fourth-order valence-corrected chi connectivity index (χ4v) is 4.04. The lowest BCUT2D eigenvalue weighted by Crippen LogP contribution is -2.59. The average molecular weight is 426 g/mol. The number of hydrogen-bond acceptors (Lipinski definition) is 9. The van der Waals surface area contributed by atoms with Crippen molar-refractivity contribution in [3.05, 3.63) is 35.5 Å². The Hall–Kier alpha value is -1.59. The van der Waals surface area contributed by atoms with Crippen LogP contribution in [0.1, 0.15) is 26.2 Å². The summed E-state index contributed by atoms with van der Waals surface area (Å²) in [6.07, 6.45) is -2.90. The number of esters is 1. The second-order valence-corrected chi connectivity index (χ2v) is 8.03. The molecule has 8 unspecified atom stereocenters. The summed E-state index contributed by atoms with van der Waals surface area (Å²) in [6, 6.07) is 0. The molecule has 2 saturated heterocycles. The molecule has 1 aliphatic carbocycles. The Morgan fingerprint density at radius 1 is 1.20 bits per heavy atom. The third kappa shape index (κ3) is 4.67. The Morgan fingerprint density at radius 3 is 2.60 bits per heavy atom. The van der Waals surface area contributed by atoms with Crippen molar-refractivity contribution in [1.29, 1.82) is 0 Å². The third-order valence-corrected chi connectivity index (χ3v) is 6.03. The fraction of sp³-hybridized carbons (Fsp3) is 0.667. The van der Waals surface area contributed by atoms with E-state index in [1.54, 1.807) is 13.0 Å². The minimum atomic E-state index is -1.54. The van der Waals surface area contributed by atoms with Crippen LogP contribution in [0.4, 0.5) is 0 Å². The first kappa shape index (κ1) is 23.1. The largest absolute Gasteiger partial charge is 0.454 e.